The maximum absolute atomic E-state index is 8.93. The van der Waals surface area contributed by atoms with Crippen LogP contribution in [0.1, 0.15) is 0 Å². The van der Waals surface area contributed by atoms with Gasteiger partial charge in [-0.15, -0.1) is 0 Å². The van der Waals surface area contributed by atoms with E-state index in [-0.39, 0.29) is 33.6 Å². The molecule has 0 bridgehead atoms. The van der Waals surface area contributed by atoms with Crippen molar-refractivity contribution in [2.24, 2.45) is 0 Å². The number of rotatable bonds is 0. The summed E-state index contributed by atoms with van der Waals surface area (Å²) in [6.07, 6.45) is 0. The molecule has 0 unspecified atom stereocenters. The summed E-state index contributed by atoms with van der Waals surface area (Å²) in [5.41, 5.74) is 0. The van der Waals surface area contributed by atoms with Crippen LogP contribution in [-0.2, 0) is 52.7 Å². The van der Waals surface area contributed by atoms with Crippen LogP contribution >= 0.6 is 0 Å². The minimum atomic E-state index is -2.19. The number of carboxylic acids is 4. The summed E-state index contributed by atoms with van der Waals surface area (Å²) in [5.74, 6) is -8.74. The van der Waals surface area contributed by atoms with E-state index in [1.807, 2.05) is 0 Å². The molecule has 0 spiro atoms. The molecule has 0 aromatic heterocycles. The van der Waals surface area contributed by atoms with Gasteiger partial charge < -0.3 is 39.6 Å². The molecule has 0 heterocycles. The van der Waals surface area contributed by atoms with Gasteiger partial charge in [0.15, 0.2) is 0 Å². The van der Waals surface area contributed by atoms with Gasteiger partial charge in [-0.3, -0.25) is 0 Å². The van der Waals surface area contributed by atoms with Crippen molar-refractivity contribution in [3.8, 4) is 0 Å². The van der Waals surface area contributed by atoms with Crippen LogP contribution in [0.2, 0.25) is 0 Å². The van der Waals surface area contributed by atoms with Crippen molar-refractivity contribution in [2.45, 2.75) is 0 Å². The number of hydrogen-bond donors (Lipinski definition) is 0. The van der Waals surface area contributed by atoms with Crippen molar-refractivity contribution < 1.29 is 73.2 Å². The molecule has 0 aliphatic carbocycles. The second-order valence-electron chi connectivity index (χ2n) is 1.15. The largest absolute Gasteiger partial charge is 2.00 e. The first-order valence-corrected chi connectivity index (χ1v) is 2.13. The molecule has 0 fully saturated rings. The van der Waals surface area contributed by atoms with E-state index >= 15 is 0 Å². The summed E-state index contributed by atoms with van der Waals surface area (Å²) >= 11 is 0. The van der Waals surface area contributed by atoms with Crippen LogP contribution in [0.4, 0.5) is 0 Å². The fourth-order valence-electron chi connectivity index (χ4n) is 0. The Labute approximate surface area is 97.3 Å². The molecular weight excluding hydrogens is 298 g/mol. The van der Waals surface area contributed by atoms with Crippen LogP contribution in [0.25, 0.3) is 0 Å². The quantitative estimate of drug-likeness (QED) is 0.315. The molecule has 0 atom stereocenters. The van der Waals surface area contributed by atoms with Gasteiger partial charge in [-0.1, -0.05) is 0 Å². The average molecular weight is 298 g/mol. The molecule has 0 aliphatic heterocycles. The summed E-state index contributed by atoms with van der Waals surface area (Å²) in [6.45, 7) is 0. The van der Waals surface area contributed by atoms with Gasteiger partial charge in [0.25, 0.3) is 0 Å². The van der Waals surface area contributed by atoms with E-state index in [0.717, 1.165) is 0 Å². The van der Waals surface area contributed by atoms with Crippen molar-refractivity contribution >= 4 is 23.9 Å². The zero-order chi connectivity index (χ0) is 10.3. The van der Waals surface area contributed by atoms with E-state index in [1.54, 1.807) is 0 Å². The summed E-state index contributed by atoms with van der Waals surface area (Å²) in [6, 6.07) is 0. The molecule has 0 aromatic rings. The molecule has 0 aromatic carbocycles. The standard InChI is InChI=1S/2C2H2O4.Cu.Ni/c2*3-1(4)2(5)6;;/h2*(H,3,4)(H,5,6);;/q;;2*+2/p-4. The number of aliphatic carboxylic acids is 4. The summed E-state index contributed by atoms with van der Waals surface area (Å²) < 4.78 is 0. The summed E-state index contributed by atoms with van der Waals surface area (Å²) in [5, 5.41) is 35.7. The van der Waals surface area contributed by atoms with Gasteiger partial charge in [-0.2, -0.15) is 0 Å². The predicted molar refractivity (Wildman–Crippen MR) is 20.0 cm³/mol. The monoisotopic (exact) mass is 297 g/mol. The van der Waals surface area contributed by atoms with Crippen molar-refractivity contribution in [2.75, 3.05) is 0 Å². The van der Waals surface area contributed by atoms with Gasteiger partial charge in [0.1, 0.15) is 0 Å². The Morgan fingerprint density at radius 3 is 0.643 bits per heavy atom. The molecule has 14 heavy (non-hydrogen) atoms. The van der Waals surface area contributed by atoms with Crippen LogP contribution in [0.5, 0.6) is 0 Å². The van der Waals surface area contributed by atoms with Crippen molar-refractivity contribution in [3.05, 3.63) is 0 Å². The van der Waals surface area contributed by atoms with Crippen molar-refractivity contribution in [1.29, 1.82) is 0 Å². The Bertz CT molecular complexity index is 177. The van der Waals surface area contributed by atoms with Crippen molar-refractivity contribution in [3.63, 3.8) is 0 Å². The fraction of sp³-hybridized carbons (Fsp3) is 0. The van der Waals surface area contributed by atoms with E-state index in [0.29, 0.717) is 0 Å². The molecule has 0 saturated carbocycles. The van der Waals surface area contributed by atoms with E-state index < -0.39 is 23.9 Å². The first-order chi connectivity index (χ1) is 5.29. The third-order valence-electron chi connectivity index (χ3n) is 0.333. The Balaban J connectivity index is -0.0000000625. The van der Waals surface area contributed by atoms with E-state index in [1.165, 1.54) is 0 Å². The third-order valence-corrected chi connectivity index (χ3v) is 0.333. The molecule has 0 aliphatic rings. The number of carbonyl (C=O) groups is 4. The van der Waals surface area contributed by atoms with E-state index in [2.05, 4.69) is 0 Å². The van der Waals surface area contributed by atoms with Gasteiger partial charge >= 0.3 is 33.6 Å². The molecule has 1 radical (unpaired) electrons. The van der Waals surface area contributed by atoms with Crippen LogP contribution in [-0.4, -0.2) is 23.9 Å². The predicted octanol–water partition coefficient (Wildman–Crippen LogP) is -7.03. The number of carbonyl (C=O) groups excluding carboxylic acids is 4. The van der Waals surface area contributed by atoms with Crippen LogP contribution < -0.4 is 20.4 Å². The maximum atomic E-state index is 8.93. The van der Waals surface area contributed by atoms with Gasteiger partial charge in [0, 0.05) is 0 Å². The zero-order valence-electron chi connectivity index (χ0n) is 5.88. The average Bonchev–Trinajstić information content (AvgIpc) is 1.88. The molecule has 0 amide bonds. The summed E-state index contributed by atoms with van der Waals surface area (Å²) in [7, 11) is 0. The van der Waals surface area contributed by atoms with Gasteiger partial charge in [-0.25, -0.2) is 0 Å². The molecule has 0 rings (SSSR count). The van der Waals surface area contributed by atoms with E-state index in [9.17, 15) is 0 Å². The second kappa shape index (κ2) is 11.9. The molecule has 0 saturated heterocycles. The van der Waals surface area contributed by atoms with Crippen LogP contribution in [0.3, 0.4) is 0 Å². The van der Waals surface area contributed by atoms with Gasteiger partial charge in [0.2, 0.25) is 0 Å². The first-order valence-electron chi connectivity index (χ1n) is 2.13. The molecule has 85 valence electrons. The fourth-order valence-corrected chi connectivity index (χ4v) is 0. The van der Waals surface area contributed by atoms with Gasteiger partial charge in [-0.05, 0) is 0 Å². The molecule has 10 heteroatoms. The first kappa shape index (κ1) is 23.1. The minimum absolute atomic E-state index is 0. The zero-order valence-corrected chi connectivity index (χ0v) is 7.81. The molecule has 0 N–H and O–H groups in total. The molecule has 8 nitrogen and oxygen atoms in total. The SMILES string of the molecule is O=C([O-])C(=O)[O-].O=C([O-])C(=O)[O-].[Cu+2].[Ni+2]. The van der Waals surface area contributed by atoms with Crippen LogP contribution in [0, 0.1) is 0 Å². The minimum Gasteiger partial charge on any atom is -0.543 e. The topological polar surface area (TPSA) is 161 Å². The normalized spacial score (nSPS) is 6.29. The number of carboxylic acid groups (broad SMARTS) is 4. The Morgan fingerprint density at radius 1 is 0.571 bits per heavy atom. The summed E-state index contributed by atoms with van der Waals surface area (Å²) in [4.78, 5) is 35.7. The van der Waals surface area contributed by atoms with Gasteiger partial charge in [0.05, 0.1) is 23.9 Å². The smallest absolute Gasteiger partial charge is 0.543 e. The Hall–Kier alpha value is -1.11. The maximum Gasteiger partial charge on any atom is 2.00 e. The Morgan fingerprint density at radius 2 is 0.643 bits per heavy atom. The third kappa shape index (κ3) is 22.4. The van der Waals surface area contributed by atoms with Crippen LogP contribution in [0.15, 0.2) is 0 Å². The number of hydrogen-bond acceptors (Lipinski definition) is 8. The second-order valence-corrected chi connectivity index (χ2v) is 1.15. The Kier molecular flexibility index (Phi) is 19.6. The van der Waals surface area contributed by atoms with Crippen molar-refractivity contribution in [1.82, 2.24) is 0 Å². The van der Waals surface area contributed by atoms with E-state index in [4.69, 9.17) is 39.6 Å². The molecular formula is C4CuNiO8.